The molecule has 0 radical (unpaired) electrons. The second kappa shape index (κ2) is 6.79. The number of benzene rings is 1. The van der Waals surface area contributed by atoms with E-state index in [0.717, 1.165) is 31.5 Å². The van der Waals surface area contributed by atoms with Crippen LogP contribution >= 0.6 is 12.4 Å². The molecule has 1 saturated carbocycles. The first-order valence-corrected chi connectivity index (χ1v) is 7.54. The van der Waals surface area contributed by atoms with Gasteiger partial charge < -0.3 is 15.7 Å². The monoisotopic (exact) mass is 296 g/mol. The standard InChI is InChI=1S/C16H24N2O.ClH/c17-15(16(19)13-4-3-5-13)12-6-8-14(9-7-12)18-10-1-2-11-18;/h6-9,13,15-16,19H,1-5,10-11,17H2;1H/t15-,16+;/m1./s1. The maximum absolute atomic E-state index is 10.2. The van der Waals surface area contributed by atoms with Crippen molar-refractivity contribution in [3.05, 3.63) is 29.8 Å². The lowest BCUT2D eigenvalue weighted by Crippen LogP contribution is -2.36. The second-order valence-corrected chi connectivity index (χ2v) is 5.99. The Balaban J connectivity index is 0.00000147. The number of hydrogen-bond donors (Lipinski definition) is 2. The van der Waals surface area contributed by atoms with Crippen LogP contribution in [-0.4, -0.2) is 24.3 Å². The first-order valence-electron chi connectivity index (χ1n) is 7.54. The molecule has 20 heavy (non-hydrogen) atoms. The third-order valence-electron chi connectivity index (χ3n) is 4.75. The number of rotatable bonds is 4. The van der Waals surface area contributed by atoms with Gasteiger partial charge in [0.1, 0.15) is 0 Å². The van der Waals surface area contributed by atoms with Crippen LogP contribution in [0.25, 0.3) is 0 Å². The summed E-state index contributed by atoms with van der Waals surface area (Å²) in [6.45, 7) is 2.33. The van der Waals surface area contributed by atoms with Gasteiger partial charge in [-0.2, -0.15) is 0 Å². The number of aliphatic hydroxyl groups excluding tert-OH is 1. The van der Waals surface area contributed by atoms with E-state index >= 15 is 0 Å². The number of hydrogen-bond acceptors (Lipinski definition) is 3. The van der Waals surface area contributed by atoms with Crippen molar-refractivity contribution < 1.29 is 5.11 Å². The second-order valence-electron chi connectivity index (χ2n) is 5.99. The van der Waals surface area contributed by atoms with Crippen LogP contribution in [0.1, 0.15) is 43.7 Å². The van der Waals surface area contributed by atoms with Crippen LogP contribution in [0.5, 0.6) is 0 Å². The van der Waals surface area contributed by atoms with Crippen LogP contribution < -0.4 is 10.6 Å². The fraction of sp³-hybridized carbons (Fsp3) is 0.625. The molecular weight excluding hydrogens is 272 g/mol. The molecular formula is C16H25ClN2O. The molecule has 112 valence electrons. The number of halogens is 1. The third-order valence-corrected chi connectivity index (χ3v) is 4.75. The minimum atomic E-state index is -0.383. The predicted octanol–water partition coefficient (Wildman–Crippen LogP) is 2.87. The molecule has 0 bridgehead atoms. The highest BCUT2D eigenvalue weighted by molar-refractivity contribution is 5.85. The highest BCUT2D eigenvalue weighted by atomic mass is 35.5. The number of nitrogens with zero attached hydrogens (tertiary/aromatic N) is 1. The summed E-state index contributed by atoms with van der Waals surface area (Å²) in [6, 6.07) is 8.22. The molecule has 2 atom stereocenters. The predicted molar refractivity (Wildman–Crippen MR) is 85.4 cm³/mol. The van der Waals surface area contributed by atoms with Crippen LogP contribution in [0, 0.1) is 5.92 Å². The molecule has 1 aliphatic carbocycles. The summed E-state index contributed by atoms with van der Waals surface area (Å²) in [5, 5.41) is 10.2. The van der Waals surface area contributed by atoms with E-state index in [1.807, 2.05) is 0 Å². The van der Waals surface area contributed by atoms with Gasteiger partial charge in [0, 0.05) is 18.8 Å². The molecule has 3 rings (SSSR count). The summed E-state index contributed by atoms with van der Waals surface area (Å²) in [5.41, 5.74) is 8.53. The van der Waals surface area contributed by atoms with Crippen molar-refractivity contribution in [3.63, 3.8) is 0 Å². The highest BCUT2D eigenvalue weighted by Crippen LogP contribution is 2.34. The van der Waals surface area contributed by atoms with Crippen LogP contribution in [0.3, 0.4) is 0 Å². The van der Waals surface area contributed by atoms with Crippen molar-refractivity contribution in [2.75, 3.05) is 18.0 Å². The minimum absolute atomic E-state index is 0. The third kappa shape index (κ3) is 3.11. The zero-order valence-corrected chi connectivity index (χ0v) is 12.7. The Morgan fingerprint density at radius 3 is 2.15 bits per heavy atom. The summed E-state index contributed by atoms with van der Waals surface area (Å²) in [4.78, 5) is 2.41. The van der Waals surface area contributed by atoms with E-state index in [0.29, 0.717) is 5.92 Å². The van der Waals surface area contributed by atoms with Crippen LogP contribution in [0.2, 0.25) is 0 Å². The molecule has 3 nitrogen and oxygen atoms in total. The zero-order chi connectivity index (χ0) is 13.2. The summed E-state index contributed by atoms with van der Waals surface area (Å²) in [7, 11) is 0. The van der Waals surface area contributed by atoms with Crippen molar-refractivity contribution in [3.8, 4) is 0 Å². The van der Waals surface area contributed by atoms with Gasteiger partial charge in [-0.15, -0.1) is 12.4 Å². The van der Waals surface area contributed by atoms with E-state index in [2.05, 4.69) is 29.2 Å². The molecule has 0 spiro atoms. The van der Waals surface area contributed by atoms with Crippen molar-refractivity contribution in [1.29, 1.82) is 0 Å². The summed E-state index contributed by atoms with van der Waals surface area (Å²) in [6.07, 6.45) is 5.69. The Labute approximate surface area is 127 Å². The topological polar surface area (TPSA) is 49.5 Å². The first kappa shape index (κ1) is 15.6. The molecule has 3 N–H and O–H groups in total. The molecule has 1 aromatic rings. The quantitative estimate of drug-likeness (QED) is 0.898. The van der Waals surface area contributed by atoms with Gasteiger partial charge in [-0.25, -0.2) is 0 Å². The van der Waals surface area contributed by atoms with Crippen molar-refractivity contribution in [1.82, 2.24) is 0 Å². The Hall–Kier alpha value is -0.770. The molecule has 0 aromatic heterocycles. The lowest BCUT2D eigenvalue weighted by atomic mass is 9.77. The van der Waals surface area contributed by atoms with Gasteiger partial charge in [-0.05, 0) is 49.3 Å². The zero-order valence-electron chi connectivity index (χ0n) is 11.9. The van der Waals surface area contributed by atoms with E-state index in [-0.39, 0.29) is 24.6 Å². The summed E-state index contributed by atoms with van der Waals surface area (Å²) >= 11 is 0. The van der Waals surface area contributed by atoms with Gasteiger partial charge in [-0.3, -0.25) is 0 Å². The van der Waals surface area contributed by atoms with Gasteiger partial charge in [0.2, 0.25) is 0 Å². The maximum Gasteiger partial charge on any atom is 0.0760 e. The number of anilines is 1. The van der Waals surface area contributed by atoms with Gasteiger partial charge in [0.25, 0.3) is 0 Å². The molecule has 1 aliphatic heterocycles. The molecule has 2 aliphatic rings. The molecule has 1 aromatic carbocycles. The lowest BCUT2D eigenvalue weighted by Gasteiger charge is -2.34. The minimum Gasteiger partial charge on any atom is -0.391 e. The average Bonchev–Trinajstić information content (AvgIpc) is 2.90. The summed E-state index contributed by atoms with van der Waals surface area (Å²) in [5.74, 6) is 0.410. The maximum atomic E-state index is 10.2. The van der Waals surface area contributed by atoms with Gasteiger partial charge >= 0.3 is 0 Å². The Bertz CT molecular complexity index is 413. The van der Waals surface area contributed by atoms with Crippen LogP contribution in [-0.2, 0) is 0 Å². The summed E-state index contributed by atoms with van der Waals surface area (Å²) < 4.78 is 0. The highest BCUT2D eigenvalue weighted by Gasteiger charge is 2.30. The first-order chi connectivity index (χ1) is 9.25. The molecule has 0 amide bonds. The van der Waals surface area contributed by atoms with E-state index < -0.39 is 0 Å². The Morgan fingerprint density at radius 2 is 1.65 bits per heavy atom. The van der Waals surface area contributed by atoms with Crippen LogP contribution in [0.4, 0.5) is 5.69 Å². The van der Waals surface area contributed by atoms with Crippen molar-refractivity contribution in [2.45, 2.75) is 44.2 Å². The largest absolute Gasteiger partial charge is 0.391 e. The molecule has 4 heteroatoms. The van der Waals surface area contributed by atoms with Crippen LogP contribution in [0.15, 0.2) is 24.3 Å². The molecule has 0 unspecified atom stereocenters. The Morgan fingerprint density at radius 1 is 1.05 bits per heavy atom. The normalized spacial score (nSPS) is 22.0. The average molecular weight is 297 g/mol. The van der Waals surface area contributed by atoms with E-state index in [4.69, 9.17) is 5.73 Å². The fourth-order valence-corrected chi connectivity index (χ4v) is 3.15. The van der Waals surface area contributed by atoms with E-state index in [9.17, 15) is 5.11 Å². The van der Waals surface area contributed by atoms with E-state index in [1.165, 1.54) is 24.9 Å². The fourth-order valence-electron chi connectivity index (χ4n) is 3.15. The molecule has 1 heterocycles. The van der Waals surface area contributed by atoms with Crippen molar-refractivity contribution in [2.24, 2.45) is 11.7 Å². The van der Waals surface area contributed by atoms with Gasteiger partial charge in [0.05, 0.1) is 12.1 Å². The molecule has 1 saturated heterocycles. The van der Waals surface area contributed by atoms with E-state index in [1.54, 1.807) is 0 Å². The van der Waals surface area contributed by atoms with Crippen molar-refractivity contribution >= 4 is 18.1 Å². The van der Waals surface area contributed by atoms with Gasteiger partial charge in [0.15, 0.2) is 0 Å². The van der Waals surface area contributed by atoms with Gasteiger partial charge in [-0.1, -0.05) is 18.6 Å². The molecule has 2 fully saturated rings. The number of nitrogens with two attached hydrogens (primary N) is 1. The lowest BCUT2D eigenvalue weighted by molar-refractivity contribution is 0.0414. The Kier molecular flexibility index (Phi) is 5.30. The smallest absolute Gasteiger partial charge is 0.0760 e. The SMILES string of the molecule is Cl.N[C@H](c1ccc(N2CCCC2)cc1)[C@@H](O)C1CCC1. The number of aliphatic hydroxyl groups is 1.